The van der Waals surface area contributed by atoms with E-state index in [1.165, 1.54) is 4.90 Å². The summed E-state index contributed by atoms with van der Waals surface area (Å²) in [6, 6.07) is 3.78. The molecule has 2 unspecified atom stereocenters. The number of benzene rings is 1. The van der Waals surface area contributed by atoms with Crippen molar-refractivity contribution in [3.63, 3.8) is 0 Å². The van der Waals surface area contributed by atoms with E-state index in [1.54, 1.807) is 23.1 Å². The Labute approximate surface area is 188 Å². The van der Waals surface area contributed by atoms with Crippen molar-refractivity contribution in [2.24, 2.45) is 0 Å². The zero-order chi connectivity index (χ0) is 22.1. The fourth-order valence-electron chi connectivity index (χ4n) is 4.10. The van der Waals surface area contributed by atoms with E-state index in [1.807, 2.05) is 0 Å². The number of amides is 2. The van der Waals surface area contributed by atoms with Crippen LogP contribution in [-0.2, 0) is 9.59 Å². The molecule has 2 aromatic rings. The zero-order valence-electron chi connectivity index (χ0n) is 16.5. The molecule has 3 heterocycles. The molecule has 164 valence electrons. The van der Waals surface area contributed by atoms with Crippen LogP contribution >= 0.6 is 23.2 Å². The number of halogens is 3. The summed E-state index contributed by atoms with van der Waals surface area (Å²) in [7, 11) is 0. The third kappa shape index (κ3) is 4.38. The number of nitrogens with zero attached hydrogens (tertiary/aromatic N) is 4. The molecule has 31 heavy (non-hydrogen) atoms. The molecule has 2 amide bonds. The third-order valence-corrected chi connectivity index (χ3v) is 5.95. The van der Waals surface area contributed by atoms with Crippen molar-refractivity contribution in [3.05, 3.63) is 40.4 Å². The molecular formula is C20H21Cl2FN6O2. The standard InChI is InChI=1S/C20H21Cl2FN6O2/c21-11-7-12(22)9-13(8-11)27-14-3-1-5-28(19(14)30)15-4-2-6-29(20(15)31)18-16(23)17(24)25-10-26-18/h7-10,14-15,27H,1-6H2,(H2,24,25,26). The first-order valence-corrected chi connectivity index (χ1v) is 10.7. The van der Waals surface area contributed by atoms with E-state index in [9.17, 15) is 14.0 Å². The van der Waals surface area contributed by atoms with Crippen LogP contribution in [0.3, 0.4) is 0 Å². The first-order valence-electron chi connectivity index (χ1n) is 9.95. The van der Waals surface area contributed by atoms with Gasteiger partial charge in [-0.25, -0.2) is 9.97 Å². The van der Waals surface area contributed by atoms with E-state index in [2.05, 4.69) is 15.3 Å². The topological polar surface area (TPSA) is 104 Å². The molecule has 1 aromatic heterocycles. The number of rotatable bonds is 4. The molecule has 4 rings (SSSR count). The van der Waals surface area contributed by atoms with E-state index in [0.29, 0.717) is 48.1 Å². The van der Waals surface area contributed by atoms with Crippen molar-refractivity contribution in [2.45, 2.75) is 37.8 Å². The first-order chi connectivity index (χ1) is 14.8. The Morgan fingerprint density at radius 1 is 1.03 bits per heavy atom. The lowest BCUT2D eigenvalue weighted by Crippen LogP contribution is -2.59. The molecule has 3 N–H and O–H groups in total. The summed E-state index contributed by atoms with van der Waals surface area (Å²) in [5, 5.41) is 4.09. The molecular weight excluding hydrogens is 446 g/mol. The van der Waals surface area contributed by atoms with Crippen LogP contribution in [0.4, 0.5) is 21.7 Å². The predicted octanol–water partition coefficient (Wildman–Crippen LogP) is 3.10. The van der Waals surface area contributed by atoms with Crippen LogP contribution in [0.5, 0.6) is 0 Å². The number of likely N-dealkylation sites (tertiary alicyclic amines) is 1. The van der Waals surface area contributed by atoms with E-state index in [4.69, 9.17) is 28.9 Å². The molecule has 0 aliphatic carbocycles. The van der Waals surface area contributed by atoms with Crippen molar-refractivity contribution < 1.29 is 14.0 Å². The zero-order valence-corrected chi connectivity index (χ0v) is 18.0. The third-order valence-electron chi connectivity index (χ3n) is 5.52. The van der Waals surface area contributed by atoms with Crippen LogP contribution in [0.15, 0.2) is 24.5 Å². The van der Waals surface area contributed by atoms with Gasteiger partial charge >= 0.3 is 0 Å². The van der Waals surface area contributed by atoms with Gasteiger partial charge in [0.25, 0.3) is 5.91 Å². The number of carbonyl (C=O) groups excluding carboxylic acids is 2. The van der Waals surface area contributed by atoms with Gasteiger partial charge < -0.3 is 16.0 Å². The number of piperidine rings is 2. The normalized spacial score (nSPS) is 22.0. The van der Waals surface area contributed by atoms with Gasteiger partial charge in [0.15, 0.2) is 11.6 Å². The monoisotopic (exact) mass is 466 g/mol. The highest BCUT2D eigenvalue weighted by atomic mass is 35.5. The molecule has 2 aliphatic rings. The highest BCUT2D eigenvalue weighted by Gasteiger charge is 2.41. The van der Waals surface area contributed by atoms with Crippen molar-refractivity contribution in [1.29, 1.82) is 0 Å². The molecule has 0 spiro atoms. The largest absolute Gasteiger partial charge is 0.381 e. The second-order valence-electron chi connectivity index (χ2n) is 7.57. The molecule has 2 fully saturated rings. The van der Waals surface area contributed by atoms with Gasteiger partial charge in [-0.1, -0.05) is 23.2 Å². The van der Waals surface area contributed by atoms with Crippen LogP contribution in [0.2, 0.25) is 10.0 Å². The average molecular weight is 467 g/mol. The van der Waals surface area contributed by atoms with E-state index < -0.39 is 17.9 Å². The van der Waals surface area contributed by atoms with Crippen LogP contribution in [0.1, 0.15) is 25.7 Å². The van der Waals surface area contributed by atoms with Crippen molar-refractivity contribution in [1.82, 2.24) is 14.9 Å². The summed E-state index contributed by atoms with van der Waals surface area (Å²) >= 11 is 12.1. The van der Waals surface area contributed by atoms with Gasteiger partial charge in [0.05, 0.1) is 0 Å². The second-order valence-corrected chi connectivity index (χ2v) is 8.45. The highest BCUT2D eigenvalue weighted by molar-refractivity contribution is 6.35. The maximum Gasteiger partial charge on any atom is 0.251 e. The predicted molar refractivity (Wildman–Crippen MR) is 117 cm³/mol. The minimum absolute atomic E-state index is 0.157. The number of anilines is 3. The summed E-state index contributed by atoms with van der Waals surface area (Å²) in [6.45, 7) is 0.749. The Morgan fingerprint density at radius 2 is 1.74 bits per heavy atom. The lowest BCUT2D eigenvalue weighted by molar-refractivity contribution is -0.143. The molecule has 2 saturated heterocycles. The molecule has 2 aliphatic heterocycles. The number of hydrogen-bond donors (Lipinski definition) is 2. The molecule has 0 radical (unpaired) electrons. The summed E-state index contributed by atoms with van der Waals surface area (Å²) in [6.07, 6.45) is 3.55. The molecule has 8 nitrogen and oxygen atoms in total. The Kier molecular flexibility index (Phi) is 6.15. The van der Waals surface area contributed by atoms with Gasteiger partial charge in [-0.05, 0) is 43.9 Å². The van der Waals surface area contributed by atoms with Gasteiger partial charge in [0, 0.05) is 28.8 Å². The number of nitrogen functional groups attached to an aromatic ring is 1. The lowest BCUT2D eigenvalue weighted by atomic mass is 9.97. The highest BCUT2D eigenvalue weighted by Crippen LogP contribution is 2.29. The van der Waals surface area contributed by atoms with Crippen molar-refractivity contribution in [3.8, 4) is 0 Å². The van der Waals surface area contributed by atoms with Crippen molar-refractivity contribution in [2.75, 3.05) is 29.0 Å². The Hall–Kier alpha value is -2.65. The smallest absolute Gasteiger partial charge is 0.251 e. The fourth-order valence-corrected chi connectivity index (χ4v) is 4.62. The van der Waals surface area contributed by atoms with Crippen LogP contribution in [0, 0.1) is 5.82 Å². The van der Waals surface area contributed by atoms with Gasteiger partial charge in [0.2, 0.25) is 11.7 Å². The molecule has 11 heteroatoms. The Bertz CT molecular complexity index is 1000. The molecule has 0 bridgehead atoms. The van der Waals surface area contributed by atoms with Crippen LogP contribution in [-0.4, -0.2) is 51.9 Å². The number of nitrogens with two attached hydrogens (primary N) is 1. The van der Waals surface area contributed by atoms with Crippen LogP contribution < -0.4 is 16.0 Å². The maximum absolute atomic E-state index is 14.4. The number of nitrogens with one attached hydrogen (secondary N) is 1. The quantitative estimate of drug-likeness (QED) is 0.716. The number of carbonyl (C=O) groups is 2. The second kappa shape index (κ2) is 8.84. The van der Waals surface area contributed by atoms with Gasteiger partial charge in [0.1, 0.15) is 18.4 Å². The molecule has 2 atom stereocenters. The molecule has 0 saturated carbocycles. The summed E-state index contributed by atoms with van der Waals surface area (Å²) in [5.74, 6) is -1.87. The van der Waals surface area contributed by atoms with E-state index >= 15 is 0 Å². The Balaban J connectivity index is 1.53. The van der Waals surface area contributed by atoms with Crippen LogP contribution in [0.25, 0.3) is 0 Å². The number of hydrogen-bond acceptors (Lipinski definition) is 6. The first kappa shape index (κ1) is 21.6. The van der Waals surface area contributed by atoms with Gasteiger partial charge in [-0.15, -0.1) is 0 Å². The maximum atomic E-state index is 14.4. The van der Waals surface area contributed by atoms with Gasteiger partial charge in [-0.3, -0.25) is 14.5 Å². The minimum atomic E-state index is -0.834. The van der Waals surface area contributed by atoms with E-state index in [-0.39, 0.29) is 23.5 Å². The SMILES string of the molecule is Nc1ncnc(N2CCCC(N3CCCC(Nc4cc(Cl)cc(Cl)c4)C3=O)C2=O)c1F. The van der Waals surface area contributed by atoms with E-state index in [0.717, 1.165) is 12.7 Å². The summed E-state index contributed by atoms with van der Waals surface area (Å²) in [4.78, 5) is 36.7. The number of aromatic nitrogens is 2. The summed E-state index contributed by atoms with van der Waals surface area (Å²) < 4.78 is 14.4. The van der Waals surface area contributed by atoms with Crippen molar-refractivity contribution >= 4 is 52.3 Å². The molecule has 1 aromatic carbocycles. The Morgan fingerprint density at radius 3 is 2.48 bits per heavy atom. The fraction of sp³-hybridized carbons (Fsp3) is 0.400. The summed E-state index contributed by atoms with van der Waals surface area (Å²) in [5.41, 5.74) is 6.16. The average Bonchev–Trinajstić information content (AvgIpc) is 2.72. The minimum Gasteiger partial charge on any atom is -0.381 e. The van der Waals surface area contributed by atoms with Gasteiger partial charge in [-0.2, -0.15) is 4.39 Å². The lowest BCUT2D eigenvalue weighted by Gasteiger charge is -2.41.